The molecule has 4 nitrogen and oxygen atoms in total. The first kappa shape index (κ1) is 31.9. The van der Waals surface area contributed by atoms with Crippen molar-refractivity contribution < 1.29 is 8.85 Å². The first-order valence-corrected chi connectivity index (χ1v) is 29.7. The van der Waals surface area contributed by atoms with Crippen LogP contribution < -0.4 is 2.89 Å². The maximum absolute atomic E-state index is 6.21. The van der Waals surface area contributed by atoms with Gasteiger partial charge in [-0.15, -0.1) is 0 Å². The normalized spacial score (nSPS) is 13.6. The molecule has 0 N–H and O–H groups in total. The van der Waals surface area contributed by atoms with Gasteiger partial charge in [-0.3, -0.25) is 0 Å². The molecule has 0 radical (unpaired) electrons. The van der Waals surface area contributed by atoms with Crippen LogP contribution in [0.5, 0.6) is 0 Å². The topological polar surface area (TPSA) is 44.2 Å². The van der Waals surface area contributed by atoms with Gasteiger partial charge in [-0.2, -0.15) is 4.37 Å². The Bertz CT molecular complexity index is 882. The van der Waals surface area contributed by atoms with Crippen LogP contribution in [0.25, 0.3) is 0 Å². The van der Waals surface area contributed by atoms with Gasteiger partial charge in [0.15, 0.2) is 8.32 Å². The Balaban J connectivity index is 0.000000335. The minimum atomic E-state index is -1.93. The molecule has 0 aliphatic carbocycles. The van der Waals surface area contributed by atoms with E-state index >= 15 is 0 Å². The van der Waals surface area contributed by atoms with Gasteiger partial charge in [-0.1, -0.05) is 20.8 Å². The van der Waals surface area contributed by atoms with E-state index in [4.69, 9.17) is 8.85 Å². The number of hydrogen-bond acceptors (Lipinski definition) is 6. The standard InChI is InChI=1S/C10H18BrNOSSi.C10H18NOSSi.3CH3.Sn/c1-10(2,3)15(4,5)13-7-8-6-9(11)14-12-8;1-10(2,3)14(4,5)12-8-9-6-7-13-11-9;;;;/h6H,7H2,1-5H3;6H,8H2,1-5H3;3*1H3;. The minimum absolute atomic E-state index is 0.264. The summed E-state index contributed by atoms with van der Waals surface area (Å²) < 4.78 is 23.7. The second-order valence-electron chi connectivity index (χ2n) is 12.7. The Morgan fingerprint density at radius 1 is 0.788 bits per heavy atom. The summed E-state index contributed by atoms with van der Waals surface area (Å²) in [5.41, 5.74) is 2.16. The van der Waals surface area contributed by atoms with Gasteiger partial charge in [0.05, 0.1) is 16.1 Å². The van der Waals surface area contributed by atoms with E-state index in [0.29, 0.717) is 13.2 Å². The molecule has 2 rings (SSSR count). The van der Waals surface area contributed by atoms with Gasteiger partial charge in [-0.25, -0.2) is 0 Å². The Hall–Kier alpha value is 0.892. The molecule has 0 aromatic carbocycles. The number of halogens is 1. The van der Waals surface area contributed by atoms with Gasteiger partial charge in [0.25, 0.3) is 0 Å². The molecule has 2 aromatic heterocycles. The summed E-state index contributed by atoms with van der Waals surface area (Å²) in [6.45, 7) is 24.0. The van der Waals surface area contributed by atoms with Crippen molar-refractivity contribution in [1.29, 1.82) is 0 Å². The van der Waals surface area contributed by atoms with Gasteiger partial charge in [0.2, 0.25) is 0 Å². The summed E-state index contributed by atoms with van der Waals surface area (Å²) in [5, 5.41) is 0.537. The maximum atomic E-state index is 6.21. The third-order valence-electron chi connectivity index (χ3n) is 6.60. The van der Waals surface area contributed by atoms with Crippen LogP contribution in [-0.4, -0.2) is 43.8 Å². The predicted octanol–water partition coefficient (Wildman–Crippen LogP) is 8.64. The minimum Gasteiger partial charge on any atom is -0.411 e. The fourth-order valence-electron chi connectivity index (χ4n) is 2.03. The van der Waals surface area contributed by atoms with E-state index in [9.17, 15) is 0 Å². The van der Waals surface area contributed by atoms with Crippen molar-refractivity contribution in [3.63, 3.8) is 0 Å². The van der Waals surface area contributed by atoms with E-state index < -0.39 is 35.0 Å². The van der Waals surface area contributed by atoms with E-state index in [1.54, 1.807) is 11.5 Å². The maximum Gasteiger partial charge on any atom is 0.192 e. The SMILES string of the molecule is CC(C)(C)[Si](C)(C)OCc1c[c]([Sn]([CH3])([CH3])[CH3])sn1.CC(C)(C)[Si](C)(C)OCc1cc(Br)sn1. The van der Waals surface area contributed by atoms with Crippen LogP contribution in [0.1, 0.15) is 52.9 Å². The quantitative estimate of drug-likeness (QED) is 0.272. The smallest absolute Gasteiger partial charge is 0.192 e. The Morgan fingerprint density at radius 2 is 1.18 bits per heavy atom. The average Bonchev–Trinajstić information content (AvgIpc) is 3.25. The van der Waals surface area contributed by atoms with Gasteiger partial charge in [-0.05, 0) is 51.7 Å². The molecule has 0 saturated carbocycles. The molecular weight excluding hydrogens is 655 g/mol. The van der Waals surface area contributed by atoms with Crippen molar-refractivity contribution in [2.45, 2.75) is 106 Å². The fraction of sp³-hybridized carbons (Fsp3) is 0.739. The molecule has 2 aromatic rings. The van der Waals surface area contributed by atoms with Crippen LogP contribution in [0.2, 0.25) is 51.1 Å². The molecule has 0 fully saturated rings. The van der Waals surface area contributed by atoms with Crippen molar-refractivity contribution in [3.05, 3.63) is 27.3 Å². The molecule has 0 amide bonds. The van der Waals surface area contributed by atoms with Crippen molar-refractivity contribution >= 4 is 76.9 Å². The van der Waals surface area contributed by atoms with Crippen LogP contribution in [0.15, 0.2) is 15.9 Å². The molecule has 2 heterocycles. The second-order valence-corrected chi connectivity index (χ2v) is 40.7. The molecule has 0 saturated heterocycles. The third-order valence-corrected chi connectivity index (χ3v) is 27.0. The molecule has 0 aliphatic rings. The van der Waals surface area contributed by atoms with E-state index in [2.05, 4.69) is 113 Å². The Morgan fingerprint density at radius 3 is 1.48 bits per heavy atom. The summed E-state index contributed by atoms with van der Waals surface area (Å²) in [7, 11) is -3.27. The van der Waals surface area contributed by atoms with Gasteiger partial charge >= 0.3 is 122 Å². The van der Waals surface area contributed by atoms with Crippen LogP contribution in [0.3, 0.4) is 0 Å². The molecule has 190 valence electrons. The van der Waals surface area contributed by atoms with E-state index in [0.717, 1.165) is 15.2 Å². The Kier molecular flexibility index (Phi) is 11.6. The summed E-state index contributed by atoms with van der Waals surface area (Å²) in [5.74, 6) is 0. The van der Waals surface area contributed by atoms with Gasteiger partial charge in [0.1, 0.15) is 0 Å². The summed E-state index contributed by atoms with van der Waals surface area (Å²) >= 11 is 4.63. The van der Waals surface area contributed by atoms with E-state index in [1.165, 1.54) is 14.4 Å². The molecule has 0 unspecified atom stereocenters. The van der Waals surface area contributed by atoms with Gasteiger partial charge in [0, 0.05) is 0 Å². The van der Waals surface area contributed by atoms with Crippen molar-refractivity contribution in [1.82, 2.24) is 8.75 Å². The average molecular weight is 701 g/mol. The fourth-order valence-corrected chi connectivity index (χ4v) is 10.1. The van der Waals surface area contributed by atoms with Crippen LogP contribution in [-0.2, 0) is 22.1 Å². The zero-order valence-corrected chi connectivity index (χ0v) is 31.0. The number of nitrogens with zero attached hydrogens (tertiary/aromatic N) is 2. The zero-order chi connectivity index (χ0) is 25.9. The molecular formula is C23H45BrN2O2S2Si2Sn. The van der Waals surface area contributed by atoms with Crippen LogP contribution >= 0.6 is 39.0 Å². The van der Waals surface area contributed by atoms with Crippen molar-refractivity contribution in [2.75, 3.05) is 0 Å². The molecule has 10 heteroatoms. The molecule has 0 spiro atoms. The molecule has 33 heavy (non-hydrogen) atoms. The molecule has 0 aliphatic heterocycles. The van der Waals surface area contributed by atoms with Crippen molar-refractivity contribution in [2.24, 2.45) is 0 Å². The monoisotopic (exact) mass is 700 g/mol. The number of hydrogen-bond donors (Lipinski definition) is 0. The Labute approximate surface area is 225 Å². The molecule has 0 bridgehead atoms. The first-order chi connectivity index (χ1) is 14.7. The van der Waals surface area contributed by atoms with E-state index in [-0.39, 0.29) is 10.1 Å². The summed E-state index contributed by atoms with van der Waals surface area (Å²) in [6, 6.07) is 4.31. The second kappa shape index (κ2) is 12.0. The number of aromatic nitrogens is 2. The first-order valence-electron chi connectivity index (χ1n) is 11.5. The van der Waals surface area contributed by atoms with Crippen LogP contribution in [0, 0.1) is 0 Å². The third kappa shape index (κ3) is 10.4. The molecule has 0 atom stereocenters. The van der Waals surface area contributed by atoms with Crippen LogP contribution in [0.4, 0.5) is 0 Å². The summed E-state index contributed by atoms with van der Waals surface area (Å²) in [6.07, 6.45) is 0. The van der Waals surface area contributed by atoms with Gasteiger partial charge < -0.3 is 4.43 Å². The predicted molar refractivity (Wildman–Crippen MR) is 159 cm³/mol. The van der Waals surface area contributed by atoms with Crippen molar-refractivity contribution in [3.8, 4) is 0 Å². The zero-order valence-electron chi connectivity index (χ0n) is 23.0. The largest absolute Gasteiger partial charge is 0.411 e. The van der Waals surface area contributed by atoms with E-state index in [1.807, 2.05) is 6.07 Å². The number of rotatable bonds is 7. The summed E-state index contributed by atoms with van der Waals surface area (Å²) in [4.78, 5) is 7.29.